The zero-order valence-corrected chi connectivity index (χ0v) is 15.6. The largest absolute Gasteiger partial charge is 0.454 e. The molecule has 0 radical (unpaired) electrons. The fourth-order valence-corrected chi connectivity index (χ4v) is 3.67. The lowest BCUT2D eigenvalue weighted by atomic mass is 10.1. The van der Waals surface area contributed by atoms with Gasteiger partial charge in [0.05, 0.1) is 5.92 Å². The highest BCUT2D eigenvalue weighted by molar-refractivity contribution is 5.97. The Morgan fingerprint density at radius 1 is 1.07 bits per heavy atom. The van der Waals surface area contributed by atoms with Crippen LogP contribution >= 0.6 is 0 Å². The third-order valence-corrected chi connectivity index (χ3v) is 5.20. The molecular formula is C21H19N3O4. The summed E-state index contributed by atoms with van der Waals surface area (Å²) in [5, 5.41) is 4.10. The van der Waals surface area contributed by atoms with Gasteiger partial charge in [0.2, 0.25) is 24.4 Å². The second-order valence-electron chi connectivity index (χ2n) is 7.22. The van der Waals surface area contributed by atoms with E-state index in [0.717, 1.165) is 22.4 Å². The lowest BCUT2D eigenvalue weighted by Crippen LogP contribution is -2.25. The highest BCUT2D eigenvalue weighted by Crippen LogP contribution is 2.37. The first-order valence-electron chi connectivity index (χ1n) is 9.20. The minimum absolute atomic E-state index is 0.0709. The van der Waals surface area contributed by atoms with E-state index in [1.54, 1.807) is 0 Å². The average Bonchev–Trinajstić information content (AvgIpc) is 3.42. The van der Waals surface area contributed by atoms with Gasteiger partial charge in [-0.15, -0.1) is 0 Å². The zero-order chi connectivity index (χ0) is 19.3. The predicted molar refractivity (Wildman–Crippen MR) is 101 cm³/mol. The molecular weight excluding hydrogens is 358 g/mol. The van der Waals surface area contributed by atoms with Crippen LogP contribution in [0.25, 0.3) is 11.4 Å². The van der Waals surface area contributed by atoms with Gasteiger partial charge in [-0.1, -0.05) is 17.3 Å². The van der Waals surface area contributed by atoms with Crippen LogP contribution in [-0.4, -0.2) is 29.4 Å². The van der Waals surface area contributed by atoms with Crippen molar-refractivity contribution in [3.63, 3.8) is 0 Å². The van der Waals surface area contributed by atoms with Crippen LogP contribution in [0.2, 0.25) is 0 Å². The maximum Gasteiger partial charge on any atom is 0.232 e. The number of benzene rings is 2. The van der Waals surface area contributed by atoms with E-state index in [1.165, 1.54) is 0 Å². The van der Waals surface area contributed by atoms with Crippen molar-refractivity contribution in [1.29, 1.82) is 0 Å². The maximum absolute atomic E-state index is 12.6. The summed E-state index contributed by atoms with van der Waals surface area (Å²) < 4.78 is 16.2. The second kappa shape index (κ2) is 6.37. The molecule has 3 heterocycles. The second-order valence-corrected chi connectivity index (χ2v) is 7.22. The Bertz CT molecular complexity index is 1080. The Balaban J connectivity index is 1.39. The van der Waals surface area contributed by atoms with Crippen molar-refractivity contribution in [2.24, 2.45) is 0 Å². The van der Waals surface area contributed by atoms with Gasteiger partial charge in [0.1, 0.15) is 0 Å². The van der Waals surface area contributed by atoms with Crippen LogP contribution in [0.1, 0.15) is 29.4 Å². The predicted octanol–water partition coefficient (Wildman–Crippen LogP) is 3.60. The van der Waals surface area contributed by atoms with Crippen LogP contribution in [0, 0.1) is 13.8 Å². The van der Waals surface area contributed by atoms with E-state index in [9.17, 15) is 4.79 Å². The molecule has 1 fully saturated rings. The standard InChI is InChI=1S/C21H19N3O4/c1-12-3-4-13(2)16(7-12)24-10-15(9-19(24)25)21-22-20(23-28-21)14-5-6-17-18(8-14)27-11-26-17/h3-8,15H,9-11H2,1-2H3/t15-/m0/s1. The van der Waals surface area contributed by atoms with Crippen LogP contribution < -0.4 is 14.4 Å². The first-order chi connectivity index (χ1) is 13.6. The number of aryl methyl sites for hydroxylation is 2. The van der Waals surface area contributed by atoms with Gasteiger partial charge in [-0.3, -0.25) is 4.79 Å². The van der Waals surface area contributed by atoms with Crippen LogP contribution in [0.4, 0.5) is 5.69 Å². The van der Waals surface area contributed by atoms with E-state index in [0.29, 0.717) is 36.2 Å². The van der Waals surface area contributed by atoms with Gasteiger partial charge < -0.3 is 18.9 Å². The number of carbonyl (C=O) groups excluding carboxylic acids is 1. The minimum Gasteiger partial charge on any atom is -0.454 e. The van der Waals surface area contributed by atoms with Crippen molar-refractivity contribution in [1.82, 2.24) is 10.1 Å². The Morgan fingerprint density at radius 2 is 1.93 bits per heavy atom. The lowest BCUT2D eigenvalue weighted by molar-refractivity contribution is -0.117. The van der Waals surface area contributed by atoms with E-state index >= 15 is 0 Å². The smallest absolute Gasteiger partial charge is 0.232 e. The van der Waals surface area contributed by atoms with Crippen molar-refractivity contribution in [2.45, 2.75) is 26.2 Å². The Kier molecular flexibility index (Phi) is 3.82. The van der Waals surface area contributed by atoms with Gasteiger partial charge >= 0.3 is 0 Å². The molecule has 0 saturated carbocycles. The number of anilines is 1. The molecule has 5 rings (SSSR count). The Labute approximate surface area is 161 Å². The van der Waals surface area contributed by atoms with E-state index in [1.807, 2.05) is 55.1 Å². The SMILES string of the molecule is Cc1ccc(C)c(N2C[C@@H](c3nc(-c4ccc5c(c4)OCO5)no3)CC2=O)c1. The zero-order valence-electron chi connectivity index (χ0n) is 15.6. The highest BCUT2D eigenvalue weighted by Gasteiger charge is 2.35. The molecule has 28 heavy (non-hydrogen) atoms. The monoisotopic (exact) mass is 377 g/mol. The summed E-state index contributed by atoms with van der Waals surface area (Å²) in [6.07, 6.45) is 0.357. The molecule has 0 unspecified atom stereocenters. The highest BCUT2D eigenvalue weighted by atomic mass is 16.7. The topological polar surface area (TPSA) is 77.7 Å². The third-order valence-electron chi connectivity index (χ3n) is 5.20. The normalized spacial score (nSPS) is 18.1. The van der Waals surface area contributed by atoms with Crippen molar-refractivity contribution >= 4 is 11.6 Å². The maximum atomic E-state index is 12.6. The number of aromatic nitrogens is 2. The van der Waals surface area contributed by atoms with E-state index < -0.39 is 0 Å². The van der Waals surface area contributed by atoms with Crippen molar-refractivity contribution in [2.75, 3.05) is 18.2 Å². The molecule has 1 atom stereocenters. The molecule has 0 spiro atoms. The number of nitrogens with zero attached hydrogens (tertiary/aromatic N) is 3. The molecule has 2 aliphatic rings. The summed E-state index contributed by atoms with van der Waals surface area (Å²) in [4.78, 5) is 19.0. The number of hydrogen-bond donors (Lipinski definition) is 0. The summed E-state index contributed by atoms with van der Waals surface area (Å²) in [6.45, 7) is 4.79. The molecule has 7 nitrogen and oxygen atoms in total. The molecule has 1 aromatic heterocycles. The Morgan fingerprint density at radius 3 is 2.82 bits per heavy atom. The summed E-state index contributed by atoms with van der Waals surface area (Å²) in [6, 6.07) is 11.7. The summed E-state index contributed by atoms with van der Waals surface area (Å²) in [7, 11) is 0. The fraction of sp³-hybridized carbons (Fsp3) is 0.286. The minimum atomic E-state index is -0.123. The molecule has 7 heteroatoms. The van der Waals surface area contributed by atoms with E-state index in [-0.39, 0.29) is 18.6 Å². The van der Waals surface area contributed by atoms with Crippen LogP contribution in [-0.2, 0) is 4.79 Å². The molecule has 1 amide bonds. The number of fused-ring (bicyclic) bond motifs is 1. The molecule has 3 aromatic rings. The first kappa shape index (κ1) is 16.8. The van der Waals surface area contributed by atoms with Gasteiger partial charge in [-0.25, -0.2) is 0 Å². The number of amides is 1. The number of ether oxygens (including phenoxy) is 2. The van der Waals surface area contributed by atoms with E-state index in [2.05, 4.69) is 10.1 Å². The fourth-order valence-electron chi connectivity index (χ4n) is 3.67. The van der Waals surface area contributed by atoms with Gasteiger partial charge in [0, 0.05) is 24.2 Å². The number of rotatable bonds is 3. The molecule has 142 valence electrons. The molecule has 1 saturated heterocycles. The molecule has 0 aliphatic carbocycles. The van der Waals surface area contributed by atoms with Gasteiger partial charge in [-0.05, 0) is 49.2 Å². The lowest BCUT2D eigenvalue weighted by Gasteiger charge is -2.19. The summed E-state index contributed by atoms with van der Waals surface area (Å²) in [5.41, 5.74) is 3.93. The Hall–Kier alpha value is -3.35. The van der Waals surface area contributed by atoms with Crippen LogP contribution in [0.3, 0.4) is 0 Å². The third kappa shape index (κ3) is 2.79. The van der Waals surface area contributed by atoms with E-state index in [4.69, 9.17) is 14.0 Å². The van der Waals surface area contributed by atoms with Gasteiger partial charge in [0.15, 0.2) is 11.5 Å². The van der Waals surface area contributed by atoms with Crippen LogP contribution in [0.5, 0.6) is 11.5 Å². The number of hydrogen-bond acceptors (Lipinski definition) is 6. The summed E-state index contributed by atoms with van der Waals surface area (Å²) >= 11 is 0. The van der Waals surface area contributed by atoms with Crippen molar-refractivity contribution in [3.05, 3.63) is 53.4 Å². The molecule has 0 bridgehead atoms. The van der Waals surface area contributed by atoms with Gasteiger partial charge in [0.25, 0.3) is 0 Å². The first-order valence-corrected chi connectivity index (χ1v) is 9.20. The van der Waals surface area contributed by atoms with Crippen molar-refractivity contribution < 1.29 is 18.8 Å². The quantitative estimate of drug-likeness (QED) is 0.694. The molecule has 2 aromatic carbocycles. The number of carbonyl (C=O) groups is 1. The van der Waals surface area contributed by atoms with Crippen molar-refractivity contribution in [3.8, 4) is 22.9 Å². The average molecular weight is 377 g/mol. The van der Waals surface area contributed by atoms with Crippen LogP contribution in [0.15, 0.2) is 40.9 Å². The molecule has 0 N–H and O–H groups in total. The summed E-state index contributed by atoms with van der Waals surface area (Å²) in [5.74, 6) is 2.28. The molecule has 2 aliphatic heterocycles. The van der Waals surface area contributed by atoms with Gasteiger partial charge in [-0.2, -0.15) is 4.98 Å².